The molecular formula is C9H21NO2S. The zero-order valence-corrected chi connectivity index (χ0v) is 9.40. The Hall–Kier alpha value is 0.230. The molecule has 0 saturated carbocycles. The molecule has 13 heavy (non-hydrogen) atoms. The van der Waals surface area contributed by atoms with Gasteiger partial charge < -0.3 is 15.2 Å². The van der Waals surface area contributed by atoms with E-state index >= 15 is 0 Å². The van der Waals surface area contributed by atoms with Crippen molar-refractivity contribution in [2.24, 2.45) is 0 Å². The zero-order chi connectivity index (χ0) is 9.94. The number of thioether (sulfide) groups is 1. The molecule has 4 heteroatoms. The standard InChI is InChI=1S/C9H21NO2S/c1-10-9(8-11)4-7-13-6-3-5-12-2/h9-11H,3-8H2,1-2H3. The second kappa shape index (κ2) is 10.3. The van der Waals surface area contributed by atoms with Crippen LogP contribution in [0.3, 0.4) is 0 Å². The third kappa shape index (κ3) is 8.56. The summed E-state index contributed by atoms with van der Waals surface area (Å²) in [6, 6.07) is 0.259. The van der Waals surface area contributed by atoms with Gasteiger partial charge in [-0.05, 0) is 31.4 Å². The number of likely N-dealkylation sites (N-methyl/N-ethyl adjacent to an activating group) is 1. The summed E-state index contributed by atoms with van der Waals surface area (Å²) < 4.78 is 4.95. The maximum Gasteiger partial charge on any atom is 0.0584 e. The Kier molecular flexibility index (Phi) is 10.5. The van der Waals surface area contributed by atoms with Gasteiger partial charge in [-0.2, -0.15) is 11.8 Å². The summed E-state index contributed by atoms with van der Waals surface area (Å²) in [5.41, 5.74) is 0. The lowest BCUT2D eigenvalue weighted by atomic mass is 10.2. The van der Waals surface area contributed by atoms with Crippen molar-refractivity contribution in [3.8, 4) is 0 Å². The Labute approximate surface area is 85.2 Å². The highest BCUT2D eigenvalue weighted by Crippen LogP contribution is 2.06. The van der Waals surface area contributed by atoms with Crippen molar-refractivity contribution in [2.45, 2.75) is 18.9 Å². The second-order valence-electron chi connectivity index (χ2n) is 2.92. The van der Waals surface area contributed by atoms with Crippen LogP contribution in [0.25, 0.3) is 0 Å². The molecule has 0 spiro atoms. The first-order valence-electron chi connectivity index (χ1n) is 4.70. The van der Waals surface area contributed by atoms with Crippen molar-refractivity contribution in [3.05, 3.63) is 0 Å². The molecule has 0 rings (SSSR count). The molecule has 0 aromatic carbocycles. The van der Waals surface area contributed by atoms with Crippen LogP contribution >= 0.6 is 11.8 Å². The van der Waals surface area contributed by atoms with Gasteiger partial charge in [-0.25, -0.2) is 0 Å². The van der Waals surface area contributed by atoms with Gasteiger partial charge in [0, 0.05) is 19.8 Å². The summed E-state index contributed by atoms with van der Waals surface area (Å²) in [6.07, 6.45) is 2.15. The lowest BCUT2D eigenvalue weighted by molar-refractivity contribution is 0.200. The van der Waals surface area contributed by atoms with Gasteiger partial charge >= 0.3 is 0 Å². The van der Waals surface area contributed by atoms with Crippen LogP contribution in [0.15, 0.2) is 0 Å². The smallest absolute Gasteiger partial charge is 0.0584 e. The minimum atomic E-state index is 0.231. The minimum Gasteiger partial charge on any atom is -0.395 e. The van der Waals surface area contributed by atoms with Crippen LogP contribution in [0.4, 0.5) is 0 Å². The molecule has 0 saturated heterocycles. The van der Waals surface area contributed by atoms with Crippen molar-refractivity contribution < 1.29 is 9.84 Å². The summed E-state index contributed by atoms with van der Waals surface area (Å²) in [6.45, 7) is 1.08. The third-order valence-electron chi connectivity index (χ3n) is 1.88. The minimum absolute atomic E-state index is 0.231. The number of rotatable bonds is 9. The van der Waals surface area contributed by atoms with E-state index in [1.54, 1.807) is 7.11 Å². The van der Waals surface area contributed by atoms with Crippen molar-refractivity contribution in [1.29, 1.82) is 0 Å². The van der Waals surface area contributed by atoms with E-state index in [1.165, 1.54) is 0 Å². The fourth-order valence-corrected chi connectivity index (χ4v) is 1.94. The van der Waals surface area contributed by atoms with Crippen LogP contribution < -0.4 is 5.32 Å². The van der Waals surface area contributed by atoms with Crippen molar-refractivity contribution in [1.82, 2.24) is 5.32 Å². The molecular weight excluding hydrogens is 186 g/mol. The Morgan fingerprint density at radius 1 is 1.46 bits per heavy atom. The summed E-state index contributed by atoms with van der Waals surface area (Å²) in [7, 11) is 3.62. The molecule has 0 radical (unpaired) electrons. The Morgan fingerprint density at radius 3 is 2.77 bits per heavy atom. The second-order valence-corrected chi connectivity index (χ2v) is 4.14. The fourth-order valence-electron chi connectivity index (χ4n) is 0.960. The van der Waals surface area contributed by atoms with E-state index in [0.717, 1.165) is 31.0 Å². The van der Waals surface area contributed by atoms with Crippen molar-refractivity contribution >= 4 is 11.8 Å². The molecule has 0 bridgehead atoms. The summed E-state index contributed by atoms with van der Waals surface area (Å²) in [4.78, 5) is 0. The van der Waals surface area contributed by atoms with Gasteiger partial charge in [0.15, 0.2) is 0 Å². The lowest BCUT2D eigenvalue weighted by Crippen LogP contribution is -2.29. The van der Waals surface area contributed by atoms with Gasteiger partial charge in [0.1, 0.15) is 0 Å². The molecule has 1 unspecified atom stereocenters. The van der Waals surface area contributed by atoms with E-state index in [0.29, 0.717) is 0 Å². The van der Waals surface area contributed by atoms with Gasteiger partial charge in [0.25, 0.3) is 0 Å². The van der Waals surface area contributed by atoms with Gasteiger partial charge in [-0.1, -0.05) is 0 Å². The number of hydrogen-bond acceptors (Lipinski definition) is 4. The average Bonchev–Trinajstić information content (AvgIpc) is 2.17. The highest BCUT2D eigenvalue weighted by Gasteiger charge is 2.02. The maximum atomic E-state index is 8.88. The Morgan fingerprint density at radius 2 is 2.23 bits per heavy atom. The topological polar surface area (TPSA) is 41.5 Å². The summed E-state index contributed by atoms with van der Waals surface area (Å²) >= 11 is 1.92. The monoisotopic (exact) mass is 207 g/mol. The van der Waals surface area contributed by atoms with Crippen LogP contribution in [0.2, 0.25) is 0 Å². The molecule has 0 aliphatic carbocycles. The molecule has 0 amide bonds. The van der Waals surface area contributed by atoms with E-state index in [4.69, 9.17) is 9.84 Å². The van der Waals surface area contributed by atoms with Gasteiger partial charge in [-0.15, -0.1) is 0 Å². The van der Waals surface area contributed by atoms with Gasteiger partial charge in [0.05, 0.1) is 6.61 Å². The van der Waals surface area contributed by atoms with Crippen LogP contribution in [-0.2, 0) is 4.74 Å². The van der Waals surface area contributed by atoms with Crippen molar-refractivity contribution in [3.63, 3.8) is 0 Å². The van der Waals surface area contributed by atoms with Crippen LogP contribution in [0.5, 0.6) is 0 Å². The maximum absolute atomic E-state index is 8.88. The first kappa shape index (κ1) is 13.2. The molecule has 80 valence electrons. The first-order valence-corrected chi connectivity index (χ1v) is 5.85. The number of hydrogen-bond donors (Lipinski definition) is 2. The third-order valence-corrected chi connectivity index (χ3v) is 2.98. The molecule has 0 heterocycles. The molecule has 0 aromatic heterocycles. The van der Waals surface area contributed by atoms with Gasteiger partial charge in [0.2, 0.25) is 0 Å². The van der Waals surface area contributed by atoms with E-state index in [2.05, 4.69) is 5.32 Å². The Balaban J connectivity index is 3.05. The van der Waals surface area contributed by atoms with E-state index < -0.39 is 0 Å². The Bertz CT molecular complexity index is 99.6. The van der Waals surface area contributed by atoms with Gasteiger partial charge in [-0.3, -0.25) is 0 Å². The summed E-state index contributed by atoms with van der Waals surface area (Å²) in [5, 5.41) is 11.9. The number of ether oxygens (including phenoxy) is 1. The van der Waals surface area contributed by atoms with Crippen LogP contribution in [0, 0.1) is 0 Å². The molecule has 1 atom stereocenters. The molecule has 0 fully saturated rings. The lowest BCUT2D eigenvalue weighted by Gasteiger charge is -2.11. The normalized spacial score (nSPS) is 13.2. The quantitative estimate of drug-likeness (QED) is 0.547. The molecule has 3 nitrogen and oxygen atoms in total. The molecule has 0 aromatic rings. The van der Waals surface area contributed by atoms with E-state index in [9.17, 15) is 0 Å². The van der Waals surface area contributed by atoms with Crippen LogP contribution in [0.1, 0.15) is 12.8 Å². The average molecular weight is 207 g/mol. The molecule has 0 aliphatic rings. The predicted octanol–water partition coefficient (Wildman–Crippen LogP) is 0.726. The number of aliphatic hydroxyl groups is 1. The van der Waals surface area contributed by atoms with Crippen molar-refractivity contribution in [2.75, 3.05) is 38.9 Å². The first-order chi connectivity index (χ1) is 6.35. The van der Waals surface area contributed by atoms with E-state index in [-0.39, 0.29) is 12.6 Å². The molecule has 2 N–H and O–H groups in total. The zero-order valence-electron chi connectivity index (χ0n) is 8.58. The van der Waals surface area contributed by atoms with Crippen LogP contribution in [-0.4, -0.2) is 50.0 Å². The number of nitrogens with one attached hydrogen (secondary N) is 1. The fraction of sp³-hybridized carbons (Fsp3) is 1.00. The predicted molar refractivity (Wildman–Crippen MR) is 58.4 cm³/mol. The molecule has 0 aliphatic heterocycles. The summed E-state index contributed by atoms with van der Waals surface area (Å²) in [5.74, 6) is 2.26. The highest BCUT2D eigenvalue weighted by molar-refractivity contribution is 7.99. The van der Waals surface area contributed by atoms with E-state index in [1.807, 2.05) is 18.8 Å². The SMILES string of the molecule is CNC(CO)CCSCCCOC. The highest BCUT2D eigenvalue weighted by atomic mass is 32.2. The number of methoxy groups -OCH3 is 1. The largest absolute Gasteiger partial charge is 0.395 e. The number of aliphatic hydroxyl groups excluding tert-OH is 1.